The van der Waals surface area contributed by atoms with Gasteiger partial charge in [0.1, 0.15) is 5.60 Å². The highest BCUT2D eigenvalue weighted by atomic mass is 35.5. The van der Waals surface area contributed by atoms with Crippen molar-refractivity contribution >= 4 is 29.3 Å². The molecule has 2 amide bonds. The largest absolute Gasteiger partial charge is 0.438 e. The van der Waals surface area contributed by atoms with Crippen LogP contribution in [0, 0.1) is 0 Å². The molecule has 1 fully saturated rings. The maximum atomic E-state index is 12.7. The van der Waals surface area contributed by atoms with Crippen LogP contribution in [0.3, 0.4) is 0 Å². The molecule has 0 bridgehead atoms. The first kappa shape index (κ1) is 16.0. The molecule has 4 rings (SSSR count). The molecular formula is C19H17ClN2O3. The lowest BCUT2D eigenvalue weighted by molar-refractivity contribution is -0.0331. The lowest BCUT2D eigenvalue weighted by Crippen LogP contribution is -2.49. The van der Waals surface area contributed by atoms with Crippen molar-refractivity contribution in [2.45, 2.75) is 18.4 Å². The summed E-state index contributed by atoms with van der Waals surface area (Å²) in [6, 6.07) is 14.6. The number of nitrogens with one attached hydrogen (secondary N) is 1. The summed E-state index contributed by atoms with van der Waals surface area (Å²) >= 11 is 5.88. The van der Waals surface area contributed by atoms with Gasteiger partial charge < -0.3 is 9.64 Å². The summed E-state index contributed by atoms with van der Waals surface area (Å²) in [5.74, 6) is -0.0277. The zero-order chi connectivity index (χ0) is 17.4. The summed E-state index contributed by atoms with van der Waals surface area (Å²) in [5, 5.41) is 3.35. The summed E-state index contributed by atoms with van der Waals surface area (Å²) in [7, 11) is 0. The first-order valence-electron chi connectivity index (χ1n) is 8.22. The van der Waals surface area contributed by atoms with Gasteiger partial charge in [-0.05, 0) is 30.3 Å². The molecule has 5 nitrogen and oxygen atoms in total. The number of piperidine rings is 1. The van der Waals surface area contributed by atoms with Crippen LogP contribution in [-0.4, -0.2) is 30.0 Å². The lowest BCUT2D eigenvalue weighted by Gasteiger charge is -2.44. The maximum absolute atomic E-state index is 12.7. The smallest absolute Gasteiger partial charge is 0.412 e. The highest BCUT2D eigenvalue weighted by Crippen LogP contribution is 2.43. The molecule has 0 aromatic heterocycles. The standard InChI is InChI=1S/C19H17ClN2O3/c20-14-7-5-13(6-8-14)17(23)22-11-9-19(10-12-22)15-3-1-2-4-16(15)21-18(24)25-19/h1-8H,9-12H2,(H,21,24). The number of ether oxygens (including phenoxy) is 1. The summed E-state index contributed by atoms with van der Waals surface area (Å²) in [6.45, 7) is 1.06. The number of para-hydroxylation sites is 1. The van der Waals surface area contributed by atoms with Gasteiger partial charge in [0.15, 0.2) is 0 Å². The van der Waals surface area contributed by atoms with Crippen LogP contribution in [0.1, 0.15) is 28.8 Å². The fraction of sp³-hybridized carbons (Fsp3) is 0.263. The van der Waals surface area contributed by atoms with Gasteiger partial charge in [0.2, 0.25) is 0 Å². The Bertz CT molecular complexity index is 827. The van der Waals surface area contributed by atoms with Gasteiger partial charge in [-0.2, -0.15) is 0 Å². The molecule has 2 aromatic rings. The van der Waals surface area contributed by atoms with E-state index in [1.807, 2.05) is 24.3 Å². The summed E-state index contributed by atoms with van der Waals surface area (Å²) in [4.78, 5) is 26.4. The molecule has 0 radical (unpaired) electrons. The topological polar surface area (TPSA) is 58.6 Å². The Hall–Kier alpha value is -2.53. The first-order chi connectivity index (χ1) is 12.1. The van der Waals surface area contributed by atoms with Crippen LogP contribution in [0.4, 0.5) is 10.5 Å². The van der Waals surface area contributed by atoms with Gasteiger partial charge in [0.05, 0.1) is 5.69 Å². The van der Waals surface area contributed by atoms with E-state index in [4.69, 9.17) is 16.3 Å². The van der Waals surface area contributed by atoms with Crippen molar-refractivity contribution in [2.75, 3.05) is 18.4 Å². The number of hydrogen-bond donors (Lipinski definition) is 1. The van der Waals surface area contributed by atoms with E-state index >= 15 is 0 Å². The van der Waals surface area contributed by atoms with Crippen LogP contribution in [0.15, 0.2) is 48.5 Å². The van der Waals surface area contributed by atoms with E-state index in [2.05, 4.69) is 5.32 Å². The molecule has 2 aliphatic heterocycles. The molecule has 2 aromatic carbocycles. The molecule has 2 heterocycles. The molecular weight excluding hydrogens is 340 g/mol. The van der Waals surface area contributed by atoms with Crippen LogP contribution in [0.25, 0.3) is 0 Å². The van der Waals surface area contributed by atoms with Crippen LogP contribution < -0.4 is 5.32 Å². The predicted octanol–water partition coefficient (Wildman–Crippen LogP) is 4.03. The molecule has 0 unspecified atom stereocenters. The van der Waals surface area contributed by atoms with Crippen molar-refractivity contribution in [3.8, 4) is 0 Å². The molecule has 6 heteroatoms. The number of carbonyl (C=O) groups excluding carboxylic acids is 2. The minimum absolute atomic E-state index is 0.0277. The van der Waals surface area contributed by atoms with E-state index < -0.39 is 11.7 Å². The minimum Gasteiger partial charge on any atom is -0.438 e. The van der Waals surface area contributed by atoms with E-state index in [1.54, 1.807) is 29.2 Å². The second kappa shape index (κ2) is 6.08. The number of nitrogens with zero attached hydrogens (tertiary/aromatic N) is 1. The average Bonchev–Trinajstić information content (AvgIpc) is 2.62. The van der Waals surface area contributed by atoms with Crippen molar-refractivity contribution in [1.82, 2.24) is 4.90 Å². The Morgan fingerprint density at radius 3 is 2.48 bits per heavy atom. The molecule has 25 heavy (non-hydrogen) atoms. The first-order valence-corrected chi connectivity index (χ1v) is 8.60. The fourth-order valence-electron chi connectivity index (χ4n) is 3.57. The van der Waals surface area contributed by atoms with Crippen LogP contribution in [-0.2, 0) is 10.3 Å². The van der Waals surface area contributed by atoms with Gasteiger partial charge in [-0.1, -0.05) is 29.8 Å². The van der Waals surface area contributed by atoms with Gasteiger partial charge in [-0.15, -0.1) is 0 Å². The van der Waals surface area contributed by atoms with Gasteiger partial charge in [0, 0.05) is 42.1 Å². The number of rotatable bonds is 1. The molecule has 1 saturated heterocycles. The SMILES string of the molecule is O=C1Nc2ccccc2C2(CCN(C(=O)c3ccc(Cl)cc3)CC2)O1. The summed E-state index contributed by atoms with van der Waals surface area (Å²) in [5.41, 5.74) is 1.72. The van der Waals surface area contributed by atoms with Gasteiger partial charge in [-0.3, -0.25) is 10.1 Å². The molecule has 0 saturated carbocycles. The van der Waals surface area contributed by atoms with Crippen LogP contribution in [0.2, 0.25) is 5.02 Å². The number of carbonyl (C=O) groups is 2. The fourth-order valence-corrected chi connectivity index (χ4v) is 3.70. The van der Waals surface area contributed by atoms with E-state index in [9.17, 15) is 9.59 Å². The monoisotopic (exact) mass is 356 g/mol. The quantitative estimate of drug-likeness (QED) is 0.839. The summed E-state index contributed by atoms with van der Waals surface area (Å²) in [6.07, 6.45) is 0.726. The number of hydrogen-bond acceptors (Lipinski definition) is 3. The normalized spacial score (nSPS) is 18.3. The van der Waals surface area contributed by atoms with Crippen molar-refractivity contribution in [3.05, 3.63) is 64.7 Å². The second-order valence-electron chi connectivity index (χ2n) is 6.35. The van der Waals surface area contributed by atoms with Crippen molar-refractivity contribution in [1.29, 1.82) is 0 Å². The lowest BCUT2D eigenvalue weighted by atomic mass is 9.82. The third-order valence-electron chi connectivity index (χ3n) is 4.89. The van der Waals surface area contributed by atoms with Crippen molar-refractivity contribution < 1.29 is 14.3 Å². The number of fused-ring (bicyclic) bond motifs is 2. The van der Waals surface area contributed by atoms with Crippen molar-refractivity contribution in [3.63, 3.8) is 0 Å². The highest BCUT2D eigenvalue weighted by molar-refractivity contribution is 6.30. The Balaban J connectivity index is 1.54. The maximum Gasteiger partial charge on any atom is 0.412 e. The number of amides is 2. The van der Waals surface area contributed by atoms with E-state index in [-0.39, 0.29) is 5.91 Å². The number of likely N-dealkylation sites (tertiary alicyclic amines) is 1. The number of benzene rings is 2. The van der Waals surface area contributed by atoms with Crippen molar-refractivity contribution in [2.24, 2.45) is 0 Å². The Labute approximate surface area is 150 Å². The van der Waals surface area contributed by atoms with Crippen LogP contribution in [0.5, 0.6) is 0 Å². The molecule has 2 aliphatic rings. The zero-order valence-corrected chi connectivity index (χ0v) is 14.3. The third kappa shape index (κ3) is 2.85. The summed E-state index contributed by atoms with van der Waals surface area (Å²) < 4.78 is 5.69. The Morgan fingerprint density at radius 1 is 1.08 bits per heavy atom. The molecule has 1 N–H and O–H groups in total. The van der Waals surface area contributed by atoms with Crippen LogP contribution >= 0.6 is 11.6 Å². The van der Waals surface area contributed by atoms with E-state index in [0.29, 0.717) is 36.5 Å². The van der Waals surface area contributed by atoms with E-state index in [1.165, 1.54) is 0 Å². The Kier molecular flexibility index (Phi) is 3.88. The van der Waals surface area contributed by atoms with Gasteiger partial charge >= 0.3 is 6.09 Å². The predicted molar refractivity (Wildman–Crippen MR) is 94.8 cm³/mol. The zero-order valence-electron chi connectivity index (χ0n) is 13.5. The molecule has 128 valence electrons. The highest BCUT2D eigenvalue weighted by Gasteiger charge is 2.45. The third-order valence-corrected chi connectivity index (χ3v) is 5.14. The second-order valence-corrected chi connectivity index (χ2v) is 6.79. The molecule has 1 spiro atoms. The number of anilines is 1. The number of halogens is 1. The Morgan fingerprint density at radius 2 is 1.76 bits per heavy atom. The van der Waals surface area contributed by atoms with E-state index in [0.717, 1.165) is 11.3 Å². The molecule has 0 atom stereocenters. The average molecular weight is 357 g/mol. The van der Waals surface area contributed by atoms with Gasteiger partial charge in [-0.25, -0.2) is 4.79 Å². The molecule has 0 aliphatic carbocycles. The van der Waals surface area contributed by atoms with Gasteiger partial charge in [0.25, 0.3) is 5.91 Å². The minimum atomic E-state index is -0.657.